The van der Waals surface area contributed by atoms with Crippen LogP contribution in [0.3, 0.4) is 0 Å². The lowest BCUT2D eigenvalue weighted by molar-refractivity contribution is -0.398. The van der Waals surface area contributed by atoms with Crippen molar-refractivity contribution in [3.05, 3.63) is 41.0 Å². The Morgan fingerprint density at radius 2 is 1.42 bits per heavy atom. The van der Waals surface area contributed by atoms with E-state index in [0.717, 1.165) is 31.7 Å². The molecular weight excluding hydrogens is 501 g/mol. The van der Waals surface area contributed by atoms with Gasteiger partial charge in [-0.2, -0.15) is 39.5 Å². The van der Waals surface area contributed by atoms with Crippen molar-refractivity contribution in [2.24, 2.45) is 5.41 Å². The molecule has 0 aromatic heterocycles. The summed E-state index contributed by atoms with van der Waals surface area (Å²) in [5, 5.41) is 0. The molecule has 0 radical (unpaired) electrons. The number of aryl methyl sites for hydroxylation is 1. The summed E-state index contributed by atoms with van der Waals surface area (Å²) in [6.45, 7) is 4.08. The van der Waals surface area contributed by atoms with Gasteiger partial charge in [0, 0.05) is 12.5 Å². The Hall–Kier alpha value is -2.20. The fraction of sp³-hybridized carbons (Fsp3) is 0.640. The van der Waals surface area contributed by atoms with Crippen LogP contribution in [0, 0.1) is 5.41 Å². The maximum Gasteiger partial charge on any atom is 0.460 e. The molecule has 1 heterocycles. The minimum Gasteiger partial charge on any atom is -0.308 e. The number of nitrogens with zero attached hydrogens (tertiary/aromatic N) is 1. The van der Waals surface area contributed by atoms with E-state index in [1.165, 1.54) is 11.8 Å². The summed E-state index contributed by atoms with van der Waals surface area (Å²) in [5.74, 6) is -20.6. The molecule has 1 fully saturated rings. The van der Waals surface area contributed by atoms with Gasteiger partial charge in [0.05, 0.1) is 11.1 Å². The SMILES string of the molecule is CCc1ccc(C2=C(C)C(C)(CC(F)(F)C(F)(F)C(F)(F)C(F)(F)F)C(=O)N2C2CCCCC2)cc1. The van der Waals surface area contributed by atoms with E-state index in [1.807, 2.05) is 6.92 Å². The van der Waals surface area contributed by atoms with Crippen LogP contribution in [-0.4, -0.2) is 40.8 Å². The molecule has 0 spiro atoms. The normalized spacial score (nSPS) is 23.1. The predicted molar refractivity (Wildman–Crippen MR) is 116 cm³/mol. The molecule has 0 N–H and O–H groups in total. The Labute approximate surface area is 203 Å². The van der Waals surface area contributed by atoms with Crippen molar-refractivity contribution >= 4 is 11.6 Å². The average Bonchev–Trinajstić information content (AvgIpc) is 2.99. The standard InChI is InChI=1S/C25H28F9NO/c1-4-16-10-12-17(13-11-16)19-15(2)21(3,20(36)35(19)18-8-6-5-7-9-18)14-22(26,27)23(28,29)24(30,31)25(32,33)34/h10-13,18H,4-9,14H2,1-3H3. The number of rotatable bonds is 7. The number of halogens is 9. The number of carbonyl (C=O) groups is 1. The number of hydrogen-bond donors (Lipinski definition) is 0. The summed E-state index contributed by atoms with van der Waals surface area (Å²) in [7, 11) is 0. The molecule has 2 nitrogen and oxygen atoms in total. The molecule has 202 valence electrons. The summed E-state index contributed by atoms with van der Waals surface area (Å²) in [5.41, 5.74) is -0.908. The summed E-state index contributed by atoms with van der Waals surface area (Å²) < 4.78 is 123. The smallest absolute Gasteiger partial charge is 0.308 e. The van der Waals surface area contributed by atoms with Gasteiger partial charge in [0.25, 0.3) is 0 Å². The lowest BCUT2D eigenvalue weighted by atomic mass is 9.76. The van der Waals surface area contributed by atoms with E-state index in [1.54, 1.807) is 24.3 Å². The van der Waals surface area contributed by atoms with Crippen molar-refractivity contribution in [2.45, 2.75) is 95.7 Å². The van der Waals surface area contributed by atoms with E-state index in [4.69, 9.17) is 0 Å². The van der Waals surface area contributed by atoms with Crippen molar-refractivity contribution in [3.8, 4) is 0 Å². The topological polar surface area (TPSA) is 20.3 Å². The molecule has 0 saturated heterocycles. The molecule has 1 unspecified atom stereocenters. The monoisotopic (exact) mass is 529 g/mol. The molecule has 0 bridgehead atoms. The highest BCUT2D eigenvalue weighted by Gasteiger charge is 2.82. The number of carbonyl (C=O) groups excluding carboxylic acids is 1. The first kappa shape index (κ1) is 28.4. The lowest BCUT2D eigenvalue weighted by Gasteiger charge is -2.38. The third kappa shape index (κ3) is 4.40. The number of benzene rings is 1. The minimum atomic E-state index is -7.00. The fourth-order valence-electron chi connectivity index (χ4n) is 5.08. The van der Waals surface area contributed by atoms with Gasteiger partial charge in [-0.05, 0) is 49.8 Å². The molecule has 1 aromatic carbocycles. The fourth-order valence-corrected chi connectivity index (χ4v) is 5.08. The van der Waals surface area contributed by atoms with E-state index < -0.39 is 47.7 Å². The van der Waals surface area contributed by atoms with Gasteiger partial charge in [-0.3, -0.25) is 4.79 Å². The zero-order valence-corrected chi connectivity index (χ0v) is 20.1. The van der Waals surface area contributed by atoms with Crippen molar-refractivity contribution in [2.75, 3.05) is 0 Å². The van der Waals surface area contributed by atoms with Gasteiger partial charge in [-0.15, -0.1) is 0 Å². The van der Waals surface area contributed by atoms with Gasteiger partial charge >= 0.3 is 23.9 Å². The van der Waals surface area contributed by atoms with Crippen molar-refractivity contribution < 1.29 is 44.3 Å². The molecule has 1 aromatic rings. The minimum absolute atomic E-state index is 0.0758. The maximum absolute atomic E-state index is 14.7. The van der Waals surface area contributed by atoms with E-state index in [2.05, 4.69) is 0 Å². The van der Waals surface area contributed by atoms with Crippen LogP contribution in [0.2, 0.25) is 0 Å². The highest BCUT2D eigenvalue weighted by Crippen LogP contribution is 2.59. The second-order valence-electron chi connectivity index (χ2n) is 9.85. The zero-order chi connectivity index (χ0) is 27.3. The molecule has 1 amide bonds. The highest BCUT2D eigenvalue weighted by molar-refractivity contribution is 6.00. The van der Waals surface area contributed by atoms with Crippen LogP contribution >= 0.6 is 0 Å². The molecule has 3 rings (SSSR count). The lowest BCUT2D eigenvalue weighted by Crippen LogP contribution is -2.62. The van der Waals surface area contributed by atoms with E-state index in [-0.39, 0.29) is 11.3 Å². The summed E-state index contributed by atoms with van der Waals surface area (Å²) in [4.78, 5) is 14.9. The highest BCUT2D eigenvalue weighted by atomic mass is 19.4. The van der Waals surface area contributed by atoms with E-state index in [0.29, 0.717) is 24.8 Å². The van der Waals surface area contributed by atoms with Crippen LogP contribution in [0.4, 0.5) is 39.5 Å². The van der Waals surface area contributed by atoms with Gasteiger partial charge in [0.2, 0.25) is 5.91 Å². The Morgan fingerprint density at radius 3 is 1.89 bits per heavy atom. The van der Waals surface area contributed by atoms with Crippen molar-refractivity contribution in [1.29, 1.82) is 0 Å². The van der Waals surface area contributed by atoms with Crippen molar-refractivity contribution in [1.82, 2.24) is 4.90 Å². The van der Waals surface area contributed by atoms with Gasteiger partial charge < -0.3 is 4.90 Å². The van der Waals surface area contributed by atoms with Crippen LogP contribution in [0.1, 0.15) is 70.4 Å². The van der Waals surface area contributed by atoms with Gasteiger partial charge in [0.15, 0.2) is 0 Å². The van der Waals surface area contributed by atoms with Gasteiger partial charge in [-0.1, -0.05) is 50.5 Å². The average molecular weight is 529 g/mol. The Kier molecular flexibility index (Phi) is 7.31. The first-order valence-corrected chi connectivity index (χ1v) is 11.8. The van der Waals surface area contributed by atoms with Crippen LogP contribution in [-0.2, 0) is 11.2 Å². The molecule has 1 aliphatic heterocycles. The number of hydrogen-bond acceptors (Lipinski definition) is 1. The molecule has 11 heteroatoms. The third-order valence-electron chi connectivity index (χ3n) is 7.48. The Morgan fingerprint density at radius 1 is 0.889 bits per heavy atom. The first-order valence-electron chi connectivity index (χ1n) is 11.8. The van der Waals surface area contributed by atoms with Crippen molar-refractivity contribution in [3.63, 3.8) is 0 Å². The van der Waals surface area contributed by atoms with Crippen LogP contribution in [0.25, 0.3) is 5.70 Å². The number of alkyl halides is 9. The Bertz CT molecular complexity index is 1010. The third-order valence-corrected chi connectivity index (χ3v) is 7.48. The summed E-state index contributed by atoms with van der Waals surface area (Å²) in [6.07, 6.45) is -5.04. The van der Waals surface area contributed by atoms with Crippen LogP contribution in [0.15, 0.2) is 29.8 Å². The molecule has 1 atom stereocenters. The number of amides is 1. The van der Waals surface area contributed by atoms with Gasteiger partial charge in [0.1, 0.15) is 0 Å². The summed E-state index contributed by atoms with van der Waals surface area (Å²) in [6, 6.07) is 6.37. The molecular formula is C25H28F9NO. The Balaban J connectivity index is 2.11. The molecule has 2 aliphatic rings. The molecule has 36 heavy (non-hydrogen) atoms. The maximum atomic E-state index is 14.7. The predicted octanol–water partition coefficient (Wildman–Crippen LogP) is 8.02. The second-order valence-corrected chi connectivity index (χ2v) is 9.85. The van der Waals surface area contributed by atoms with Gasteiger partial charge in [-0.25, -0.2) is 0 Å². The molecule has 1 aliphatic carbocycles. The largest absolute Gasteiger partial charge is 0.460 e. The summed E-state index contributed by atoms with van der Waals surface area (Å²) >= 11 is 0. The van der Waals surface area contributed by atoms with Crippen LogP contribution in [0.5, 0.6) is 0 Å². The van der Waals surface area contributed by atoms with E-state index in [9.17, 15) is 44.3 Å². The molecule has 1 saturated carbocycles. The quantitative estimate of drug-likeness (QED) is 0.328. The van der Waals surface area contributed by atoms with Crippen LogP contribution < -0.4 is 0 Å². The second kappa shape index (κ2) is 9.28. The first-order chi connectivity index (χ1) is 16.4. The van der Waals surface area contributed by atoms with E-state index >= 15 is 0 Å². The zero-order valence-electron chi connectivity index (χ0n) is 20.1.